The molecule has 1 aliphatic rings. The average molecular weight is 420 g/mol. The number of carbonyl (C=O) groups excluding carboxylic acids is 2. The third-order valence-electron chi connectivity index (χ3n) is 4.56. The lowest BCUT2D eigenvalue weighted by Gasteiger charge is -2.14. The van der Waals surface area contributed by atoms with E-state index in [1.807, 2.05) is 16.9 Å². The number of rotatable bonds is 7. The van der Waals surface area contributed by atoms with Gasteiger partial charge in [0.15, 0.2) is 6.10 Å². The summed E-state index contributed by atoms with van der Waals surface area (Å²) in [7, 11) is -4.08. The van der Waals surface area contributed by atoms with Crippen molar-refractivity contribution in [2.75, 3.05) is 11.9 Å². The zero-order valence-corrected chi connectivity index (χ0v) is 16.6. The molecule has 9 heteroatoms. The van der Waals surface area contributed by atoms with Gasteiger partial charge in [-0.2, -0.15) is 4.72 Å². The van der Waals surface area contributed by atoms with Gasteiger partial charge in [-0.15, -0.1) is 0 Å². The van der Waals surface area contributed by atoms with Crippen LogP contribution in [-0.2, 0) is 37.2 Å². The van der Waals surface area contributed by atoms with Crippen LogP contribution >= 0.6 is 0 Å². The highest BCUT2D eigenvalue weighted by atomic mass is 32.2. The molecule has 0 radical (unpaired) electrons. The van der Waals surface area contributed by atoms with Crippen LogP contribution < -0.4 is 10.0 Å². The minimum absolute atomic E-state index is 0.312. The van der Waals surface area contributed by atoms with Gasteiger partial charge in [0, 0.05) is 5.69 Å². The van der Waals surface area contributed by atoms with Gasteiger partial charge in [-0.25, -0.2) is 12.8 Å². The fraction of sp³-hybridized carbons (Fsp3) is 0.300. The number of sulfonamides is 1. The van der Waals surface area contributed by atoms with Gasteiger partial charge in [0.1, 0.15) is 12.4 Å². The molecule has 0 aromatic heterocycles. The van der Waals surface area contributed by atoms with E-state index in [1.54, 1.807) is 6.07 Å². The molecule has 1 amide bonds. The Balaban J connectivity index is 1.51. The number of hydrogen-bond acceptors (Lipinski definition) is 5. The number of anilines is 1. The summed E-state index contributed by atoms with van der Waals surface area (Å²) in [4.78, 5) is 23.8. The SMILES string of the molecule is C[C@H](OC(=O)CNS(=O)(=O)c1cccc(F)c1)C(=O)Nc1ccc2c(c1)CCC2. The number of ether oxygens (including phenoxy) is 1. The number of hydrogen-bond donors (Lipinski definition) is 2. The molecule has 3 rings (SSSR count). The average Bonchev–Trinajstić information content (AvgIpc) is 3.14. The number of carbonyl (C=O) groups is 2. The Labute approximate surface area is 168 Å². The van der Waals surface area contributed by atoms with Crippen LogP contribution in [0.2, 0.25) is 0 Å². The first-order valence-electron chi connectivity index (χ1n) is 9.12. The van der Waals surface area contributed by atoms with E-state index >= 15 is 0 Å². The monoisotopic (exact) mass is 420 g/mol. The summed E-state index contributed by atoms with van der Waals surface area (Å²) < 4.78 is 44.3. The molecule has 0 bridgehead atoms. The van der Waals surface area contributed by atoms with Crippen molar-refractivity contribution in [2.24, 2.45) is 0 Å². The van der Waals surface area contributed by atoms with Gasteiger partial charge in [0.25, 0.3) is 5.91 Å². The van der Waals surface area contributed by atoms with E-state index in [1.165, 1.54) is 30.2 Å². The lowest BCUT2D eigenvalue weighted by atomic mass is 10.1. The second kappa shape index (κ2) is 8.71. The van der Waals surface area contributed by atoms with Crippen LogP contribution in [0.1, 0.15) is 24.5 Å². The second-order valence-corrected chi connectivity index (χ2v) is 8.51. The first-order valence-corrected chi connectivity index (χ1v) is 10.6. The van der Waals surface area contributed by atoms with E-state index in [9.17, 15) is 22.4 Å². The Bertz CT molecular complexity index is 1040. The third kappa shape index (κ3) is 5.39. The summed E-state index contributed by atoms with van der Waals surface area (Å²) in [6, 6.07) is 10.0. The number of aryl methyl sites for hydroxylation is 2. The van der Waals surface area contributed by atoms with Gasteiger partial charge in [-0.3, -0.25) is 9.59 Å². The van der Waals surface area contributed by atoms with Crippen LogP contribution in [0.3, 0.4) is 0 Å². The highest BCUT2D eigenvalue weighted by Gasteiger charge is 2.21. The van der Waals surface area contributed by atoms with Crippen LogP contribution in [0.4, 0.5) is 10.1 Å². The van der Waals surface area contributed by atoms with Crippen molar-refractivity contribution in [1.29, 1.82) is 0 Å². The van der Waals surface area contributed by atoms with Crippen molar-refractivity contribution in [2.45, 2.75) is 37.2 Å². The van der Waals surface area contributed by atoms with Gasteiger partial charge >= 0.3 is 5.97 Å². The predicted molar refractivity (Wildman–Crippen MR) is 104 cm³/mol. The van der Waals surface area contributed by atoms with Crippen LogP contribution in [0.15, 0.2) is 47.4 Å². The molecule has 2 N–H and O–H groups in total. The van der Waals surface area contributed by atoms with E-state index < -0.39 is 40.4 Å². The Hall–Kier alpha value is -2.78. The summed E-state index contributed by atoms with van der Waals surface area (Å²) in [6.45, 7) is 0.705. The van der Waals surface area contributed by atoms with E-state index in [2.05, 4.69) is 5.32 Å². The van der Waals surface area contributed by atoms with Crippen molar-refractivity contribution in [3.63, 3.8) is 0 Å². The van der Waals surface area contributed by atoms with Crippen molar-refractivity contribution in [3.8, 4) is 0 Å². The maximum absolute atomic E-state index is 13.2. The first-order chi connectivity index (χ1) is 13.7. The van der Waals surface area contributed by atoms with Gasteiger partial charge in [0.05, 0.1) is 4.90 Å². The summed E-state index contributed by atoms with van der Waals surface area (Å²) in [5.74, 6) is -2.17. The third-order valence-corrected chi connectivity index (χ3v) is 5.96. The fourth-order valence-corrected chi connectivity index (χ4v) is 4.06. The molecule has 0 saturated heterocycles. The first kappa shape index (κ1) is 20.9. The number of halogens is 1. The molecule has 0 fully saturated rings. The predicted octanol–water partition coefficient (Wildman–Crippen LogP) is 2.16. The number of esters is 1. The number of amides is 1. The molecule has 7 nitrogen and oxygen atoms in total. The van der Waals surface area contributed by atoms with Gasteiger partial charge in [-0.05, 0) is 67.6 Å². The fourth-order valence-electron chi connectivity index (χ4n) is 3.06. The second-order valence-electron chi connectivity index (χ2n) is 6.74. The maximum atomic E-state index is 13.2. The molecule has 2 aromatic carbocycles. The lowest BCUT2D eigenvalue weighted by molar-refractivity contribution is -0.151. The molecule has 1 aliphatic carbocycles. The van der Waals surface area contributed by atoms with Crippen LogP contribution in [-0.4, -0.2) is 32.9 Å². The Morgan fingerprint density at radius 2 is 1.90 bits per heavy atom. The number of fused-ring (bicyclic) bond motifs is 1. The van der Waals surface area contributed by atoms with Gasteiger partial charge in [-0.1, -0.05) is 12.1 Å². The number of nitrogens with one attached hydrogen (secondary N) is 2. The zero-order valence-electron chi connectivity index (χ0n) is 15.8. The molecule has 0 aliphatic heterocycles. The molecule has 0 saturated carbocycles. The van der Waals surface area contributed by atoms with Gasteiger partial charge in [0.2, 0.25) is 10.0 Å². The topological polar surface area (TPSA) is 102 Å². The Morgan fingerprint density at radius 3 is 2.66 bits per heavy atom. The molecule has 0 unspecified atom stereocenters. The minimum atomic E-state index is -4.08. The molecule has 154 valence electrons. The van der Waals surface area contributed by atoms with Crippen LogP contribution in [0.5, 0.6) is 0 Å². The molecule has 1 atom stereocenters. The van der Waals surface area contributed by atoms with Crippen LogP contribution in [0, 0.1) is 5.82 Å². The van der Waals surface area contributed by atoms with Crippen molar-refractivity contribution < 1.29 is 27.1 Å². The van der Waals surface area contributed by atoms with Crippen LogP contribution in [0.25, 0.3) is 0 Å². The molecular weight excluding hydrogens is 399 g/mol. The van der Waals surface area contributed by atoms with Crippen molar-refractivity contribution in [3.05, 3.63) is 59.4 Å². The quantitative estimate of drug-likeness (QED) is 0.669. The standard InChI is InChI=1S/C20H21FN2O5S/c1-13(20(25)23-17-9-8-14-4-2-5-15(14)10-17)28-19(24)12-22-29(26,27)18-7-3-6-16(21)11-18/h3,6-11,13,22H,2,4-5,12H2,1H3,(H,23,25)/t13-/m0/s1. The summed E-state index contributed by atoms with van der Waals surface area (Å²) in [6.07, 6.45) is 1.97. The zero-order chi connectivity index (χ0) is 21.0. The van der Waals surface area contributed by atoms with E-state index in [0.29, 0.717) is 5.69 Å². The summed E-state index contributed by atoms with van der Waals surface area (Å²) in [5, 5.41) is 2.68. The smallest absolute Gasteiger partial charge is 0.321 e. The van der Waals surface area contributed by atoms with Crippen molar-refractivity contribution in [1.82, 2.24) is 4.72 Å². The summed E-state index contributed by atoms with van der Waals surface area (Å²) in [5.41, 5.74) is 3.08. The van der Waals surface area contributed by atoms with Gasteiger partial charge < -0.3 is 10.1 Å². The van der Waals surface area contributed by atoms with E-state index in [-0.39, 0.29) is 4.90 Å². The normalized spacial score (nSPS) is 14.1. The highest BCUT2D eigenvalue weighted by molar-refractivity contribution is 7.89. The van der Waals surface area contributed by atoms with E-state index in [0.717, 1.165) is 31.4 Å². The van der Waals surface area contributed by atoms with Crippen molar-refractivity contribution >= 4 is 27.6 Å². The van der Waals surface area contributed by atoms with E-state index in [4.69, 9.17) is 4.74 Å². The minimum Gasteiger partial charge on any atom is -0.452 e. The molecule has 0 spiro atoms. The Morgan fingerprint density at radius 1 is 1.14 bits per heavy atom. The number of benzene rings is 2. The maximum Gasteiger partial charge on any atom is 0.321 e. The highest BCUT2D eigenvalue weighted by Crippen LogP contribution is 2.25. The lowest BCUT2D eigenvalue weighted by Crippen LogP contribution is -2.35. The summed E-state index contributed by atoms with van der Waals surface area (Å²) >= 11 is 0. The Kier molecular flexibility index (Phi) is 6.29. The molecule has 29 heavy (non-hydrogen) atoms. The molecule has 0 heterocycles. The molecular formula is C20H21FN2O5S. The molecule has 2 aromatic rings. The largest absolute Gasteiger partial charge is 0.452 e.